The second kappa shape index (κ2) is 7.90. The standard InChI is InChI=1S/C21H22N4O4/c1-13-11-16(22-19-18(13)23-21(28)24-20(19)27)14-5-7-15(8-6-14)29-12-17(26)25-9-3-2-4-10-25/h5-8,11H,2-4,9-10,12H2,1H3,(H2,23,24,27,28). The van der Waals surface area contributed by atoms with Crippen LogP contribution in [-0.4, -0.2) is 45.5 Å². The number of pyridine rings is 1. The zero-order valence-corrected chi connectivity index (χ0v) is 16.2. The lowest BCUT2D eigenvalue weighted by atomic mass is 10.1. The Hall–Kier alpha value is -3.42. The lowest BCUT2D eigenvalue weighted by Crippen LogP contribution is -2.38. The Bertz CT molecular complexity index is 1160. The normalized spacial score (nSPS) is 14.2. The van der Waals surface area contributed by atoms with E-state index in [0.717, 1.165) is 37.1 Å². The van der Waals surface area contributed by atoms with Gasteiger partial charge < -0.3 is 14.6 Å². The van der Waals surface area contributed by atoms with Gasteiger partial charge in [0.05, 0.1) is 11.2 Å². The molecule has 1 aliphatic heterocycles. The highest BCUT2D eigenvalue weighted by molar-refractivity contribution is 5.80. The van der Waals surface area contributed by atoms with Crippen LogP contribution in [0.5, 0.6) is 5.75 Å². The Morgan fingerprint density at radius 1 is 1.10 bits per heavy atom. The van der Waals surface area contributed by atoms with Crippen molar-refractivity contribution < 1.29 is 9.53 Å². The number of aromatic amines is 2. The molecule has 4 rings (SSSR count). The van der Waals surface area contributed by atoms with Crippen LogP contribution in [0.2, 0.25) is 0 Å². The molecule has 3 heterocycles. The summed E-state index contributed by atoms with van der Waals surface area (Å²) in [7, 11) is 0. The van der Waals surface area contributed by atoms with Gasteiger partial charge in [-0.3, -0.25) is 14.6 Å². The number of piperidine rings is 1. The molecule has 1 amide bonds. The molecule has 2 aromatic heterocycles. The highest BCUT2D eigenvalue weighted by Gasteiger charge is 2.17. The summed E-state index contributed by atoms with van der Waals surface area (Å²) in [5.74, 6) is 0.604. The van der Waals surface area contributed by atoms with Crippen LogP contribution >= 0.6 is 0 Å². The Morgan fingerprint density at radius 2 is 1.83 bits per heavy atom. The van der Waals surface area contributed by atoms with Gasteiger partial charge in [-0.2, -0.15) is 0 Å². The van der Waals surface area contributed by atoms with Gasteiger partial charge in [-0.1, -0.05) is 0 Å². The molecule has 0 saturated carbocycles. The molecule has 8 heteroatoms. The molecule has 1 fully saturated rings. The first-order chi connectivity index (χ1) is 14.0. The third-order valence-electron chi connectivity index (χ3n) is 5.12. The fourth-order valence-electron chi connectivity index (χ4n) is 3.55. The fraction of sp³-hybridized carbons (Fsp3) is 0.333. The van der Waals surface area contributed by atoms with E-state index >= 15 is 0 Å². The number of aromatic nitrogens is 3. The Kier molecular flexibility index (Phi) is 5.16. The van der Waals surface area contributed by atoms with Crippen LogP contribution in [0, 0.1) is 6.92 Å². The maximum absolute atomic E-state index is 12.2. The number of carbonyl (C=O) groups excluding carboxylic acids is 1. The van der Waals surface area contributed by atoms with Crippen molar-refractivity contribution in [3.05, 3.63) is 56.7 Å². The number of amides is 1. The molecular formula is C21H22N4O4. The lowest BCUT2D eigenvalue weighted by Gasteiger charge is -2.26. The molecule has 0 atom stereocenters. The zero-order valence-electron chi connectivity index (χ0n) is 16.2. The molecule has 1 aromatic carbocycles. The van der Waals surface area contributed by atoms with E-state index in [1.807, 2.05) is 30.0 Å². The van der Waals surface area contributed by atoms with Gasteiger partial charge in [0.2, 0.25) is 0 Å². The predicted molar refractivity (Wildman–Crippen MR) is 109 cm³/mol. The van der Waals surface area contributed by atoms with Gasteiger partial charge in [0.1, 0.15) is 5.75 Å². The van der Waals surface area contributed by atoms with Gasteiger partial charge in [0.25, 0.3) is 11.5 Å². The second-order valence-corrected chi connectivity index (χ2v) is 7.21. The predicted octanol–water partition coefficient (Wildman–Crippen LogP) is 1.98. The van der Waals surface area contributed by atoms with E-state index < -0.39 is 11.2 Å². The minimum absolute atomic E-state index is 0.00816. The molecule has 0 spiro atoms. The molecule has 1 saturated heterocycles. The van der Waals surface area contributed by atoms with Crippen molar-refractivity contribution in [3.63, 3.8) is 0 Å². The maximum Gasteiger partial charge on any atom is 0.326 e. The number of ether oxygens (including phenoxy) is 1. The number of hydrogen-bond acceptors (Lipinski definition) is 5. The fourth-order valence-corrected chi connectivity index (χ4v) is 3.55. The number of benzene rings is 1. The van der Waals surface area contributed by atoms with Gasteiger partial charge in [-0.15, -0.1) is 0 Å². The molecule has 8 nitrogen and oxygen atoms in total. The zero-order chi connectivity index (χ0) is 20.4. The van der Waals surface area contributed by atoms with E-state index in [1.165, 1.54) is 6.42 Å². The van der Waals surface area contributed by atoms with Crippen molar-refractivity contribution in [2.24, 2.45) is 0 Å². The van der Waals surface area contributed by atoms with Crippen molar-refractivity contribution in [2.45, 2.75) is 26.2 Å². The van der Waals surface area contributed by atoms with Crippen LogP contribution < -0.4 is 16.0 Å². The Balaban J connectivity index is 1.51. The molecule has 150 valence electrons. The molecule has 1 aliphatic rings. The van der Waals surface area contributed by atoms with E-state index in [0.29, 0.717) is 17.0 Å². The number of fused-ring (bicyclic) bond motifs is 1. The topological polar surface area (TPSA) is 108 Å². The van der Waals surface area contributed by atoms with Gasteiger partial charge in [-0.05, 0) is 62.1 Å². The maximum atomic E-state index is 12.2. The molecule has 2 N–H and O–H groups in total. The molecule has 0 radical (unpaired) electrons. The largest absolute Gasteiger partial charge is 0.484 e. The van der Waals surface area contributed by atoms with Crippen LogP contribution in [-0.2, 0) is 4.79 Å². The quantitative estimate of drug-likeness (QED) is 0.703. The number of H-pyrrole nitrogens is 2. The molecule has 0 aliphatic carbocycles. The smallest absolute Gasteiger partial charge is 0.326 e. The molecule has 3 aromatic rings. The van der Waals surface area contributed by atoms with Gasteiger partial charge >= 0.3 is 5.69 Å². The van der Waals surface area contributed by atoms with Crippen molar-refractivity contribution in [1.29, 1.82) is 0 Å². The minimum atomic E-state index is -0.555. The number of nitrogens with zero attached hydrogens (tertiary/aromatic N) is 2. The van der Waals surface area contributed by atoms with Crippen LogP contribution in [0.1, 0.15) is 24.8 Å². The van der Waals surface area contributed by atoms with Crippen molar-refractivity contribution in [1.82, 2.24) is 19.9 Å². The van der Waals surface area contributed by atoms with Crippen LogP contribution in [0.3, 0.4) is 0 Å². The van der Waals surface area contributed by atoms with Gasteiger partial charge in [-0.25, -0.2) is 9.78 Å². The monoisotopic (exact) mass is 394 g/mol. The third-order valence-corrected chi connectivity index (χ3v) is 5.12. The third kappa shape index (κ3) is 4.06. The van der Waals surface area contributed by atoms with Crippen molar-refractivity contribution in [3.8, 4) is 17.0 Å². The lowest BCUT2D eigenvalue weighted by molar-refractivity contribution is -0.134. The first kappa shape index (κ1) is 18.9. The number of likely N-dealkylation sites (tertiary alicyclic amines) is 1. The van der Waals surface area contributed by atoms with E-state index in [-0.39, 0.29) is 18.0 Å². The number of rotatable bonds is 4. The average Bonchev–Trinajstić information content (AvgIpc) is 2.73. The number of carbonyl (C=O) groups is 1. The highest BCUT2D eigenvalue weighted by Crippen LogP contribution is 2.24. The summed E-state index contributed by atoms with van der Waals surface area (Å²) in [6, 6.07) is 9.02. The summed E-state index contributed by atoms with van der Waals surface area (Å²) in [5.41, 5.74) is 1.70. The molecule has 29 heavy (non-hydrogen) atoms. The van der Waals surface area contributed by atoms with E-state index in [4.69, 9.17) is 4.74 Å². The van der Waals surface area contributed by atoms with Crippen LogP contribution in [0.15, 0.2) is 39.9 Å². The summed E-state index contributed by atoms with van der Waals surface area (Å²) in [4.78, 5) is 46.8. The van der Waals surface area contributed by atoms with Crippen LogP contribution in [0.4, 0.5) is 0 Å². The number of aryl methyl sites for hydroxylation is 1. The summed E-state index contributed by atoms with van der Waals surface area (Å²) >= 11 is 0. The Morgan fingerprint density at radius 3 is 2.55 bits per heavy atom. The molecule has 0 unspecified atom stereocenters. The number of hydrogen-bond donors (Lipinski definition) is 2. The average molecular weight is 394 g/mol. The van der Waals surface area contributed by atoms with Gasteiger partial charge in [0, 0.05) is 18.7 Å². The molecule has 0 bridgehead atoms. The number of nitrogens with one attached hydrogen (secondary N) is 2. The van der Waals surface area contributed by atoms with E-state index in [9.17, 15) is 14.4 Å². The summed E-state index contributed by atoms with van der Waals surface area (Å²) in [5, 5.41) is 0. The minimum Gasteiger partial charge on any atom is -0.484 e. The van der Waals surface area contributed by atoms with Gasteiger partial charge in [0.15, 0.2) is 12.1 Å². The second-order valence-electron chi connectivity index (χ2n) is 7.21. The van der Waals surface area contributed by atoms with Crippen LogP contribution in [0.25, 0.3) is 22.3 Å². The highest BCUT2D eigenvalue weighted by atomic mass is 16.5. The summed E-state index contributed by atoms with van der Waals surface area (Å²) < 4.78 is 5.63. The van der Waals surface area contributed by atoms with Crippen molar-refractivity contribution >= 4 is 16.9 Å². The SMILES string of the molecule is Cc1cc(-c2ccc(OCC(=O)N3CCCCC3)cc2)nc2c(=O)[nH]c(=O)[nH]c12. The summed E-state index contributed by atoms with van der Waals surface area (Å²) in [6.45, 7) is 3.44. The first-order valence-corrected chi connectivity index (χ1v) is 9.66. The Labute approximate surface area is 166 Å². The molecular weight excluding hydrogens is 372 g/mol. The first-order valence-electron chi connectivity index (χ1n) is 9.66. The van der Waals surface area contributed by atoms with E-state index in [2.05, 4.69) is 15.0 Å². The van der Waals surface area contributed by atoms with E-state index in [1.54, 1.807) is 12.1 Å². The van der Waals surface area contributed by atoms with Crippen molar-refractivity contribution in [2.75, 3.05) is 19.7 Å². The summed E-state index contributed by atoms with van der Waals surface area (Å²) in [6.07, 6.45) is 3.28.